The number of carboxylic acid groups (broad SMARTS) is 1. The zero-order valence-corrected chi connectivity index (χ0v) is 22.8. The number of nitrogens with one attached hydrogen (secondary N) is 1. The van der Waals surface area contributed by atoms with Crippen LogP contribution in [-0.2, 0) is 27.0 Å². The van der Waals surface area contributed by atoms with Crippen LogP contribution in [0.25, 0.3) is 0 Å². The van der Waals surface area contributed by atoms with Gasteiger partial charge in [-0.25, -0.2) is 0 Å². The van der Waals surface area contributed by atoms with Crippen molar-refractivity contribution in [1.82, 2.24) is 10.2 Å². The smallest absolute Gasteiger partial charge is 0.312 e. The van der Waals surface area contributed by atoms with Gasteiger partial charge in [0.15, 0.2) is 0 Å². The van der Waals surface area contributed by atoms with E-state index in [1.165, 1.54) is 17.3 Å². The van der Waals surface area contributed by atoms with Gasteiger partial charge in [-0.15, -0.1) is 38.0 Å². The number of carbonyl (C=O) groups is 3. The number of methoxy groups -OCH3 is 1. The van der Waals surface area contributed by atoms with Gasteiger partial charge in [0.2, 0.25) is 11.8 Å². The maximum absolute atomic E-state index is 12.2. The van der Waals surface area contributed by atoms with Gasteiger partial charge in [0.1, 0.15) is 17.2 Å². The molecule has 2 amide bonds. The normalized spacial score (nSPS) is 22.7. The topological polar surface area (TPSA) is 95.9 Å². The van der Waals surface area contributed by atoms with Gasteiger partial charge in [-0.3, -0.25) is 14.4 Å². The van der Waals surface area contributed by atoms with Gasteiger partial charge >= 0.3 is 5.97 Å². The molecule has 4 rings (SSSR count). The second kappa shape index (κ2) is 12.6. The summed E-state index contributed by atoms with van der Waals surface area (Å²) in [5, 5.41) is 11.9. The maximum Gasteiger partial charge on any atom is 0.312 e. The van der Waals surface area contributed by atoms with E-state index in [0.29, 0.717) is 5.75 Å². The van der Waals surface area contributed by atoms with E-state index >= 15 is 0 Å². The molecule has 2 aromatic rings. The predicted molar refractivity (Wildman–Crippen MR) is 143 cm³/mol. The molecule has 2 heterocycles. The Balaban J connectivity index is 0.000000314. The molecule has 2 aliphatic heterocycles. The molecule has 0 radical (unpaired) electrons. The highest BCUT2D eigenvalue weighted by molar-refractivity contribution is 8.93. The highest BCUT2D eigenvalue weighted by Gasteiger charge is 2.55. The summed E-state index contributed by atoms with van der Waals surface area (Å²) < 4.78 is 5.01. The van der Waals surface area contributed by atoms with Crippen LogP contribution in [0.3, 0.4) is 0 Å². The second-order valence-electron chi connectivity index (χ2n) is 8.29. The molecule has 2 aliphatic rings. The first kappa shape index (κ1) is 28.1. The third-order valence-corrected chi connectivity index (χ3v) is 7.81. The Morgan fingerprint density at radius 1 is 1.18 bits per heavy atom. The molecule has 0 bridgehead atoms. The van der Waals surface area contributed by atoms with Gasteiger partial charge in [-0.2, -0.15) is 0 Å². The Morgan fingerprint density at radius 2 is 1.82 bits per heavy atom. The number of hydrogen-bond donors (Lipinski definition) is 2. The van der Waals surface area contributed by atoms with E-state index in [4.69, 9.17) is 4.74 Å². The lowest BCUT2D eigenvalue weighted by atomic mass is 9.89. The fourth-order valence-electron chi connectivity index (χ4n) is 3.60. The van der Waals surface area contributed by atoms with E-state index in [1.54, 1.807) is 18.9 Å². The van der Waals surface area contributed by atoms with Crippen LogP contribution in [0.5, 0.6) is 5.75 Å². The van der Waals surface area contributed by atoms with E-state index < -0.39 is 17.4 Å². The van der Waals surface area contributed by atoms with E-state index in [0.717, 1.165) is 17.5 Å². The van der Waals surface area contributed by atoms with Gasteiger partial charge in [-0.1, -0.05) is 42.5 Å². The molecule has 2 N–H and O–H groups in total. The molecule has 0 saturated carbocycles. The summed E-state index contributed by atoms with van der Waals surface area (Å²) in [7, 11) is 4.36. The van der Waals surface area contributed by atoms with Crippen molar-refractivity contribution in [3.8, 4) is 5.75 Å². The van der Waals surface area contributed by atoms with Crippen LogP contribution in [0.1, 0.15) is 18.1 Å². The third-order valence-electron chi connectivity index (χ3n) is 5.67. The number of rotatable bonds is 6. The second-order valence-corrected chi connectivity index (χ2v) is 9.81. The SMILES string of the molecule is Br.CC1(C(=O)O)CS[C@@H]2C(NC(=O)Cc3ccccc3)C(=O)N2C1.COc1ccc(CP)cc1. The predicted octanol–water partition coefficient (Wildman–Crippen LogP) is 3.37. The largest absolute Gasteiger partial charge is 0.497 e. The Kier molecular flexibility index (Phi) is 10.4. The Labute approximate surface area is 217 Å². The molecule has 4 atom stereocenters. The van der Waals surface area contributed by atoms with Crippen LogP contribution in [0.2, 0.25) is 0 Å². The van der Waals surface area contributed by atoms with Gasteiger partial charge in [0, 0.05) is 12.3 Å². The number of carbonyl (C=O) groups excluding carboxylic acids is 2. The minimum atomic E-state index is -0.921. The summed E-state index contributed by atoms with van der Waals surface area (Å²) in [4.78, 5) is 37.1. The van der Waals surface area contributed by atoms with Crippen LogP contribution in [0.15, 0.2) is 54.6 Å². The molecule has 7 nitrogen and oxygen atoms in total. The minimum Gasteiger partial charge on any atom is -0.497 e. The summed E-state index contributed by atoms with van der Waals surface area (Å²) in [5.41, 5.74) is 1.28. The Bertz CT molecular complexity index is 972. The van der Waals surface area contributed by atoms with Gasteiger partial charge in [-0.05, 0) is 36.3 Å². The first-order chi connectivity index (χ1) is 15.8. The van der Waals surface area contributed by atoms with Crippen molar-refractivity contribution in [2.45, 2.75) is 30.9 Å². The highest BCUT2D eigenvalue weighted by Crippen LogP contribution is 2.41. The van der Waals surface area contributed by atoms with Crippen molar-refractivity contribution in [2.24, 2.45) is 5.41 Å². The summed E-state index contributed by atoms with van der Waals surface area (Å²) in [6, 6.07) is 16.9. The maximum atomic E-state index is 12.2. The molecule has 34 heavy (non-hydrogen) atoms. The summed E-state index contributed by atoms with van der Waals surface area (Å²) in [6.07, 6.45) is 1.23. The average molecular weight is 569 g/mol. The first-order valence-electron chi connectivity index (χ1n) is 10.6. The number of halogens is 1. The first-order valence-corrected chi connectivity index (χ1v) is 12.5. The zero-order chi connectivity index (χ0) is 24.0. The molecule has 3 unspecified atom stereocenters. The van der Waals surface area contributed by atoms with Gasteiger partial charge in [0.05, 0.1) is 18.9 Å². The van der Waals surface area contributed by atoms with E-state index in [9.17, 15) is 19.5 Å². The summed E-state index contributed by atoms with van der Waals surface area (Å²) in [6.45, 7) is 1.84. The van der Waals surface area contributed by atoms with Crippen LogP contribution in [0, 0.1) is 5.41 Å². The fraction of sp³-hybridized carbons (Fsp3) is 0.375. The van der Waals surface area contributed by atoms with Crippen molar-refractivity contribution in [2.75, 3.05) is 19.4 Å². The van der Waals surface area contributed by atoms with Crippen LogP contribution >= 0.6 is 38.0 Å². The van der Waals surface area contributed by atoms with Crippen molar-refractivity contribution in [3.63, 3.8) is 0 Å². The zero-order valence-electron chi connectivity index (χ0n) is 19.1. The number of amides is 2. The molecular formula is C24H30BrN2O5PS. The number of ether oxygens (including phenoxy) is 1. The van der Waals surface area contributed by atoms with Crippen molar-refractivity contribution in [1.29, 1.82) is 0 Å². The Hall–Kier alpha value is -2.09. The van der Waals surface area contributed by atoms with E-state index in [1.807, 2.05) is 42.5 Å². The molecule has 0 aliphatic carbocycles. The number of fused-ring (bicyclic) bond motifs is 1. The molecule has 0 aromatic heterocycles. The van der Waals surface area contributed by atoms with Gasteiger partial charge < -0.3 is 20.1 Å². The van der Waals surface area contributed by atoms with E-state index in [-0.39, 0.29) is 47.1 Å². The monoisotopic (exact) mass is 568 g/mol. The number of nitrogens with zero attached hydrogens (tertiary/aromatic N) is 1. The van der Waals surface area contributed by atoms with E-state index in [2.05, 4.69) is 26.7 Å². The highest BCUT2D eigenvalue weighted by atomic mass is 79.9. The van der Waals surface area contributed by atoms with Crippen molar-refractivity contribution >= 4 is 55.8 Å². The molecule has 2 fully saturated rings. The minimum absolute atomic E-state index is 0. The molecular weight excluding hydrogens is 539 g/mol. The molecule has 10 heteroatoms. The fourth-order valence-corrected chi connectivity index (χ4v) is 5.36. The summed E-state index contributed by atoms with van der Waals surface area (Å²) >= 11 is 1.42. The number of β-lactam (4-membered cyclic amide) rings is 1. The molecule has 184 valence electrons. The quantitative estimate of drug-likeness (QED) is 0.410. The number of hydrogen-bond acceptors (Lipinski definition) is 5. The molecule has 0 spiro atoms. The number of thioether (sulfide) groups is 1. The third kappa shape index (κ3) is 6.74. The van der Waals surface area contributed by atoms with Crippen molar-refractivity contribution in [3.05, 3.63) is 65.7 Å². The lowest BCUT2D eigenvalue weighted by Crippen LogP contribution is -2.73. The van der Waals surface area contributed by atoms with Crippen LogP contribution in [-0.4, -0.2) is 58.6 Å². The number of carboxylic acids is 1. The number of aliphatic carboxylic acids is 1. The van der Waals surface area contributed by atoms with Crippen molar-refractivity contribution < 1.29 is 24.2 Å². The lowest BCUT2D eigenvalue weighted by molar-refractivity contribution is -0.157. The summed E-state index contributed by atoms with van der Waals surface area (Å²) in [5.74, 6) is 0.0643. The standard InChI is InChI=1S/C16H18N2O4S.C8H11OP.BrH/c1-16(15(21)22)8-18-13(20)12(14(18)23-9-16)17-11(19)7-10-5-3-2-4-6-10;1-9-8-4-2-7(6-10)3-5-8;/h2-6,12,14H,7-9H2,1H3,(H,17,19)(H,21,22);2-5H,6,10H2,1H3;1H/t12?,14-,16?;;/m1../s1. The number of benzene rings is 2. The lowest BCUT2D eigenvalue weighted by Gasteiger charge is -2.53. The molecule has 2 saturated heterocycles. The van der Waals surface area contributed by atoms with Crippen LogP contribution < -0.4 is 10.1 Å². The van der Waals surface area contributed by atoms with Gasteiger partial charge in [0.25, 0.3) is 0 Å². The Morgan fingerprint density at radius 3 is 2.38 bits per heavy atom. The average Bonchev–Trinajstić information content (AvgIpc) is 2.83. The van der Waals surface area contributed by atoms with Crippen LogP contribution in [0.4, 0.5) is 0 Å². The molecule has 2 aromatic carbocycles.